The first-order valence-corrected chi connectivity index (χ1v) is 6.19. The molecule has 0 bridgehead atoms. The van der Waals surface area contributed by atoms with Crippen LogP contribution in [0.3, 0.4) is 0 Å². The number of hydrogen-bond acceptors (Lipinski definition) is 2. The fourth-order valence-electron chi connectivity index (χ4n) is 1.33. The lowest BCUT2D eigenvalue weighted by molar-refractivity contribution is 0.0980. The summed E-state index contributed by atoms with van der Waals surface area (Å²) in [5.41, 5.74) is 6.30. The van der Waals surface area contributed by atoms with Crippen LogP contribution >= 0.6 is 34.8 Å². The van der Waals surface area contributed by atoms with E-state index in [1.54, 1.807) is 12.1 Å². The maximum atomic E-state index is 11.8. The Kier molecular flexibility index (Phi) is 5.39. The van der Waals surface area contributed by atoms with Gasteiger partial charge in [-0.2, -0.15) is 0 Å². The molecule has 0 aliphatic rings. The average Bonchev–Trinajstić information content (AvgIpc) is 2.24. The molecule has 0 aromatic heterocycles. The molecule has 16 heavy (non-hydrogen) atoms. The number of alkyl halides is 1. The second-order valence-corrected chi connectivity index (χ2v) is 4.56. The Morgan fingerprint density at radius 1 is 1.25 bits per heavy atom. The van der Waals surface area contributed by atoms with Gasteiger partial charge in [-0.05, 0) is 25.0 Å². The average molecular weight is 281 g/mol. The first-order chi connectivity index (χ1) is 7.57. The molecular formula is C11H12Cl3NO. The Morgan fingerprint density at radius 3 is 2.56 bits per heavy atom. The Hall–Kier alpha value is -0.440. The number of hydrogen-bond donors (Lipinski definition) is 1. The summed E-state index contributed by atoms with van der Waals surface area (Å²) in [5.74, 6) is 0.457. The third kappa shape index (κ3) is 3.27. The van der Waals surface area contributed by atoms with Crippen molar-refractivity contribution >= 4 is 46.3 Å². The number of nitrogens with two attached hydrogens (primary N) is 1. The van der Waals surface area contributed by atoms with E-state index < -0.39 is 0 Å². The van der Waals surface area contributed by atoms with Gasteiger partial charge in [-0.15, -0.1) is 11.6 Å². The third-order valence-electron chi connectivity index (χ3n) is 2.19. The van der Waals surface area contributed by atoms with E-state index in [1.165, 1.54) is 0 Å². The molecule has 0 atom stereocenters. The van der Waals surface area contributed by atoms with Crippen LogP contribution in [0.2, 0.25) is 10.0 Å². The molecule has 2 N–H and O–H groups in total. The maximum Gasteiger partial charge on any atom is 0.165 e. The van der Waals surface area contributed by atoms with Crippen LogP contribution in [-0.4, -0.2) is 11.7 Å². The molecule has 0 aliphatic heterocycles. The second-order valence-electron chi connectivity index (χ2n) is 3.39. The zero-order valence-electron chi connectivity index (χ0n) is 8.60. The molecule has 5 heteroatoms. The van der Waals surface area contributed by atoms with Crippen LogP contribution in [-0.2, 0) is 0 Å². The van der Waals surface area contributed by atoms with Gasteiger partial charge in [0, 0.05) is 12.3 Å². The van der Waals surface area contributed by atoms with Crippen LogP contribution in [0.25, 0.3) is 0 Å². The van der Waals surface area contributed by atoms with E-state index in [1.807, 2.05) is 0 Å². The molecular weight excluding hydrogens is 268 g/mol. The minimum atomic E-state index is -0.0904. The van der Waals surface area contributed by atoms with Crippen molar-refractivity contribution < 1.29 is 4.79 Å². The van der Waals surface area contributed by atoms with Crippen molar-refractivity contribution in [2.75, 3.05) is 11.6 Å². The summed E-state index contributed by atoms with van der Waals surface area (Å²) in [6, 6.07) is 3.16. The molecule has 1 rings (SSSR count). The smallest absolute Gasteiger partial charge is 0.165 e. The highest BCUT2D eigenvalue weighted by molar-refractivity contribution is 6.41. The number of carbonyl (C=O) groups is 1. The summed E-state index contributed by atoms with van der Waals surface area (Å²) in [6.45, 7) is 0. The van der Waals surface area contributed by atoms with Crippen LogP contribution in [0.4, 0.5) is 5.69 Å². The molecule has 0 radical (unpaired) electrons. The predicted molar refractivity (Wildman–Crippen MR) is 69.8 cm³/mol. The fourth-order valence-corrected chi connectivity index (χ4v) is 2.10. The zero-order valence-corrected chi connectivity index (χ0v) is 10.9. The van der Waals surface area contributed by atoms with Crippen molar-refractivity contribution in [1.82, 2.24) is 0 Å². The summed E-state index contributed by atoms with van der Waals surface area (Å²) >= 11 is 17.4. The van der Waals surface area contributed by atoms with Gasteiger partial charge < -0.3 is 5.73 Å². The number of Topliss-reactive ketones (excluding diaryl/α,β-unsaturated/α-hetero) is 1. The highest BCUT2D eigenvalue weighted by atomic mass is 35.5. The monoisotopic (exact) mass is 279 g/mol. The van der Waals surface area contributed by atoms with Crippen molar-refractivity contribution in [2.24, 2.45) is 0 Å². The summed E-state index contributed by atoms with van der Waals surface area (Å²) < 4.78 is 0. The number of carbonyl (C=O) groups excluding carboxylic acids is 1. The second kappa shape index (κ2) is 6.33. The lowest BCUT2D eigenvalue weighted by Crippen LogP contribution is -2.03. The van der Waals surface area contributed by atoms with Crippen molar-refractivity contribution in [3.8, 4) is 0 Å². The summed E-state index contributed by atoms with van der Waals surface area (Å²) in [7, 11) is 0. The number of ketones is 1. The van der Waals surface area contributed by atoms with Crippen molar-refractivity contribution in [3.63, 3.8) is 0 Å². The minimum absolute atomic E-state index is 0.0904. The van der Waals surface area contributed by atoms with Crippen molar-refractivity contribution in [3.05, 3.63) is 27.7 Å². The van der Waals surface area contributed by atoms with Gasteiger partial charge in [0.25, 0.3) is 0 Å². The van der Waals surface area contributed by atoms with E-state index >= 15 is 0 Å². The first kappa shape index (κ1) is 13.6. The summed E-state index contributed by atoms with van der Waals surface area (Å²) in [6.07, 6.45) is 1.91. The Labute approximate surface area is 110 Å². The van der Waals surface area contributed by atoms with E-state index in [0.29, 0.717) is 28.6 Å². The predicted octanol–water partition coefficient (Wildman–Crippen LogP) is 4.17. The van der Waals surface area contributed by atoms with E-state index in [0.717, 1.165) is 12.8 Å². The first-order valence-electron chi connectivity index (χ1n) is 4.90. The van der Waals surface area contributed by atoms with Gasteiger partial charge in [0.1, 0.15) is 0 Å². The Bertz CT molecular complexity index is 393. The number of nitrogen functional groups attached to an aromatic ring is 1. The van der Waals surface area contributed by atoms with E-state index in [-0.39, 0.29) is 10.8 Å². The molecule has 0 fully saturated rings. The van der Waals surface area contributed by atoms with Crippen LogP contribution in [0.1, 0.15) is 29.6 Å². The van der Waals surface area contributed by atoms with Crippen molar-refractivity contribution in [1.29, 1.82) is 0 Å². The number of unbranched alkanes of at least 4 members (excludes halogenated alkanes) is 1. The molecule has 0 spiro atoms. The molecule has 0 saturated carbocycles. The van der Waals surface area contributed by atoms with Crippen LogP contribution < -0.4 is 5.73 Å². The van der Waals surface area contributed by atoms with Gasteiger partial charge in [-0.3, -0.25) is 4.79 Å². The fraction of sp³-hybridized carbons (Fsp3) is 0.364. The van der Waals surface area contributed by atoms with Gasteiger partial charge in [-0.25, -0.2) is 0 Å². The molecule has 0 aliphatic carbocycles. The molecule has 2 nitrogen and oxygen atoms in total. The highest BCUT2D eigenvalue weighted by Crippen LogP contribution is 2.31. The largest absolute Gasteiger partial charge is 0.398 e. The minimum Gasteiger partial charge on any atom is -0.398 e. The number of halogens is 3. The molecule has 1 aromatic rings. The molecule has 0 unspecified atom stereocenters. The molecule has 0 amide bonds. The normalized spacial score (nSPS) is 10.4. The van der Waals surface area contributed by atoms with E-state index in [2.05, 4.69) is 0 Å². The van der Waals surface area contributed by atoms with Gasteiger partial charge in [-0.1, -0.05) is 23.2 Å². The number of rotatable bonds is 5. The lowest BCUT2D eigenvalue weighted by atomic mass is 10.0. The van der Waals surface area contributed by atoms with Gasteiger partial charge >= 0.3 is 0 Å². The zero-order chi connectivity index (χ0) is 12.1. The Balaban J connectivity index is 2.86. The quantitative estimate of drug-likeness (QED) is 0.381. The number of benzene rings is 1. The summed E-state index contributed by atoms with van der Waals surface area (Å²) in [4.78, 5) is 11.8. The van der Waals surface area contributed by atoms with Gasteiger partial charge in [0.2, 0.25) is 0 Å². The Morgan fingerprint density at radius 2 is 1.94 bits per heavy atom. The topological polar surface area (TPSA) is 43.1 Å². The van der Waals surface area contributed by atoms with E-state index in [9.17, 15) is 4.79 Å². The standard InChI is InChI=1S/C11H12Cl3NO/c12-6-2-1-3-9(16)10-7(13)4-5-8(15)11(10)14/h4-5H,1-3,6,15H2. The van der Waals surface area contributed by atoms with Crippen LogP contribution in [0.5, 0.6) is 0 Å². The molecule has 1 aromatic carbocycles. The third-order valence-corrected chi connectivity index (χ3v) is 3.18. The molecule has 0 saturated heterocycles. The summed E-state index contributed by atoms with van der Waals surface area (Å²) in [5, 5.41) is 0.582. The lowest BCUT2D eigenvalue weighted by Gasteiger charge is -2.07. The van der Waals surface area contributed by atoms with Gasteiger partial charge in [0.05, 0.1) is 21.3 Å². The van der Waals surface area contributed by atoms with Gasteiger partial charge in [0.15, 0.2) is 5.78 Å². The maximum absolute atomic E-state index is 11.8. The van der Waals surface area contributed by atoms with E-state index in [4.69, 9.17) is 40.5 Å². The molecule has 0 heterocycles. The SMILES string of the molecule is Nc1ccc(Cl)c(C(=O)CCCCCl)c1Cl. The molecule has 88 valence electrons. The van der Waals surface area contributed by atoms with Crippen LogP contribution in [0, 0.1) is 0 Å². The van der Waals surface area contributed by atoms with Crippen LogP contribution in [0.15, 0.2) is 12.1 Å². The number of anilines is 1. The van der Waals surface area contributed by atoms with Crippen molar-refractivity contribution in [2.45, 2.75) is 19.3 Å². The highest BCUT2D eigenvalue weighted by Gasteiger charge is 2.16.